The minimum absolute atomic E-state index is 0.330. The first-order chi connectivity index (χ1) is 32.7. The minimum Gasteiger partial charge on any atom is -0.396 e. The van der Waals surface area contributed by atoms with Crippen LogP contribution in [0.4, 0.5) is 5.69 Å². The van der Waals surface area contributed by atoms with E-state index >= 15 is 0 Å². The van der Waals surface area contributed by atoms with E-state index in [1.165, 1.54) is 173 Å². The predicted octanol–water partition coefficient (Wildman–Crippen LogP) is 16.4. The fraction of sp³-hybridized carbons (Fsp3) is 0.450. The Bertz CT molecular complexity index is 2410. The molecule has 0 radical (unpaired) electrons. The van der Waals surface area contributed by atoms with Crippen LogP contribution in [0.15, 0.2) is 142 Å². The Balaban J connectivity index is 0.988. The van der Waals surface area contributed by atoms with Crippen molar-refractivity contribution in [3.05, 3.63) is 142 Å². The topological polar surface area (TPSA) is 47.6 Å². The quantitative estimate of drug-likeness (QED) is 0.0429. The highest BCUT2D eigenvalue weighted by Crippen LogP contribution is 2.49. The molecule has 2 heterocycles. The van der Waals surface area contributed by atoms with E-state index in [9.17, 15) is 0 Å². The summed E-state index contributed by atoms with van der Waals surface area (Å²) in [5.74, 6) is 0.648. The molecule has 0 fully saturated rings. The maximum absolute atomic E-state index is 9.09. The molecule has 5 aromatic rings. The van der Waals surface area contributed by atoms with Crippen LogP contribution in [-0.4, -0.2) is 30.0 Å². The fourth-order valence-corrected chi connectivity index (χ4v) is 12.7. The lowest BCUT2D eigenvalue weighted by Crippen LogP contribution is -2.35. The Kier molecular flexibility index (Phi) is 18.9. The van der Waals surface area contributed by atoms with Crippen LogP contribution in [0.1, 0.15) is 146 Å². The molecule has 66 heavy (non-hydrogen) atoms. The van der Waals surface area contributed by atoms with Crippen molar-refractivity contribution in [2.24, 2.45) is 5.92 Å². The number of hydrogen-bond acceptors (Lipinski definition) is 5. The van der Waals surface area contributed by atoms with Crippen molar-refractivity contribution in [2.45, 2.75) is 153 Å². The van der Waals surface area contributed by atoms with Crippen molar-refractivity contribution in [3.8, 4) is 22.3 Å². The minimum atomic E-state index is 0.330. The van der Waals surface area contributed by atoms with Gasteiger partial charge in [-0.05, 0) is 127 Å². The van der Waals surface area contributed by atoms with Gasteiger partial charge in [-0.25, -0.2) is 0 Å². The van der Waals surface area contributed by atoms with Crippen LogP contribution in [0.2, 0.25) is 0 Å². The average Bonchev–Trinajstić information content (AvgIpc) is 3.88. The van der Waals surface area contributed by atoms with Crippen molar-refractivity contribution in [1.29, 1.82) is 0 Å². The summed E-state index contributed by atoms with van der Waals surface area (Å²) < 4.78 is 4.00. The van der Waals surface area contributed by atoms with Crippen LogP contribution in [0, 0.1) is 5.92 Å². The molecule has 1 aliphatic heterocycles. The van der Waals surface area contributed by atoms with Crippen LogP contribution in [0.3, 0.4) is 0 Å². The zero-order valence-corrected chi connectivity index (χ0v) is 41.2. The van der Waals surface area contributed by atoms with Crippen molar-refractivity contribution >= 4 is 45.1 Å². The van der Waals surface area contributed by atoms with Gasteiger partial charge in [-0.3, -0.25) is 0 Å². The molecule has 2 aliphatic carbocycles. The second kappa shape index (κ2) is 25.8. The van der Waals surface area contributed by atoms with Crippen molar-refractivity contribution < 1.29 is 14.8 Å². The number of unbranched alkanes of at least 4 members (excludes halogenated alkanes) is 16. The number of thiazole rings is 1. The van der Waals surface area contributed by atoms with E-state index in [4.69, 9.17) is 10.2 Å². The number of nitrogens with zero attached hydrogens (tertiary/aromatic N) is 2. The Labute approximate surface area is 405 Å². The summed E-state index contributed by atoms with van der Waals surface area (Å²) in [7, 11) is 0. The van der Waals surface area contributed by atoms with Crippen LogP contribution < -0.4 is 9.47 Å². The predicted molar refractivity (Wildman–Crippen MR) is 284 cm³/mol. The molecule has 0 saturated carbocycles. The number of rotatable bonds is 26. The zero-order chi connectivity index (χ0) is 45.2. The van der Waals surface area contributed by atoms with E-state index in [2.05, 4.69) is 131 Å². The normalized spacial score (nSPS) is 17.1. The number of aryl methyl sites for hydroxylation is 1. The third-order valence-corrected chi connectivity index (χ3v) is 16.3. The van der Waals surface area contributed by atoms with Crippen molar-refractivity contribution in [2.75, 3.05) is 24.7 Å². The number of aromatic nitrogens is 1. The van der Waals surface area contributed by atoms with E-state index in [1.807, 2.05) is 23.1 Å². The number of fused-ring (bicyclic) bond motifs is 3. The molecule has 0 saturated heterocycles. The molecule has 1 aromatic heterocycles. The van der Waals surface area contributed by atoms with Gasteiger partial charge in [-0.15, -0.1) is 0 Å². The number of aliphatic hydroxyl groups is 2. The molecule has 4 aromatic carbocycles. The molecular weight excluding hydrogens is 845 g/mol. The molecule has 0 amide bonds. The van der Waals surface area contributed by atoms with Gasteiger partial charge in [-0.2, -0.15) is 4.57 Å². The van der Waals surface area contributed by atoms with Gasteiger partial charge in [0.15, 0.2) is 6.54 Å². The number of thioether (sulfide) groups is 1. The van der Waals surface area contributed by atoms with Crippen molar-refractivity contribution in [3.63, 3.8) is 0 Å². The second-order valence-corrected chi connectivity index (χ2v) is 21.2. The van der Waals surface area contributed by atoms with Gasteiger partial charge in [0.1, 0.15) is 4.70 Å². The number of benzene rings is 4. The first-order valence-electron chi connectivity index (χ1n) is 25.9. The lowest BCUT2D eigenvalue weighted by atomic mass is 9.77. The molecular formula is C60H75N2O2S2+. The highest BCUT2D eigenvalue weighted by Gasteiger charge is 2.28. The first kappa shape index (κ1) is 48.3. The molecule has 6 heteroatoms. The molecule has 2 N–H and O–H groups in total. The maximum atomic E-state index is 9.09. The zero-order valence-electron chi connectivity index (χ0n) is 39.6. The Morgan fingerprint density at radius 2 is 1.14 bits per heavy atom. The fourth-order valence-electron chi connectivity index (χ4n) is 10.3. The molecule has 1 unspecified atom stereocenters. The van der Waals surface area contributed by atoms with Gasteiger partial charge < -0.3 is 15.1 Å². The smallest absolute Gasteiger partial charge is 0.263 e. The molecule has 4 nitrogen and oxygen atoms in total. The monoisotopic (exact) mass is 920 g/mol. The van der Waals surface area contributed by atoms with Gasteiger partial charge in [0.05, 0.1) is 10.7 Å². The highest BCUT2D eigenvalue weighted by atomic mass is 32.2. The van der Waals surface area contributed by atoms with Crippen LogP contribution in [0.25, 0.3) is 38.5 Å². The van der Waals surface area contributed by atoms with E-state index in [1.54, 1.807) is 0 Å². The van der Waals surface area contributed by atoms with Gasteiger partial charge in [0.25, 0.3) is 5.01 Å². The number of allylic oxidation sites excluding steroid dienone is 6. The maximum Gasteiger partial charge on any atom is 0.263 e. The third kappa shape index (κ3) is 13.5. The van der Waals surface area contributed by atoms with Gasteiger partial charge in [0.2, 0.25) is 5.52 Å². The third-order valence-electron chi connectivity index (χ3n) is 14.1. The standard InChI is InChI=1S/C60H75N2O2S2/c63-39-23-13-9-5-1-3-7-11-21-37-61-55-35-33-52(49-25-17-15-18-26-49)45-57(55)65-59(61)43-47-29-31-51-32-30-48(42-54(51)41-47)44-60-62(38-22-12-8-4-2-6-10-14-24-40-64)56-36-34-53(46-58(56)66-60)50-27-19-16-20-28-50/h15-20,25-28,33-36,41-46,51,63-64H,1-14,21-24,29-32,37-40H2/q+1. The van der Waals surface area contributed by atoms with E-state index in [0.717, 1.165) is 51.6 Å². The molecule has 1 atom stereocenters. The van der Waals surface area contributed by atoms with E-state index < -0.39 is 0 Å². The van der Waals surface area contributed by atoms with Gasteiger partial charge in [0, 0.05) is 43.2 Å². The summed E-state index contributed by atoms with van der Waals surface area (Å²) in [6.45, 7) is 2.78. The van der Waals surface area contributed by atoms with Gasteiger partial charge in [-0.1, -0.05) is 185 Å². The van der Waals surface area contributed by atoms with E-state index in [-0.39, 0.29) is 0 Å². The summed E-state index contributed by atoms with van der Waals surface area (Å²) in [6, 6.07) is 35.9. The first-order valence-corrected chi connectivity index (χ1v) is 27.5. The average molecular weight is 920 g/mol. The van der Waals surface area contributed by atoms with Crippen molar-refractivity contribution in [1.82, 2.24) is 0 Å². The lowest BCUT2D eigenvalue weighted by molar-refractivity contribution is -0.669. The summed E-state index contributed by atoms with van der Waals surface area (Å²) in [5.41, 5.74) is 12.3. The summed E-state index contributed by atoms with van der Waals surface area (Å²) in [5, 5.41) is 20.9. The number of aliphatic hydroxyl groups excluding tert-OH is 2. The van der Waals surface area contributed by atoms with E-state index in [0.29, 0.717) is 19.1 Å². The lowest BCUT2D eigenvalue weighted by Gasteiger charge is -2.29. The van der Waals surface area contributed by atoms with Crippen LogP contribution in [-0.2, 0) is 6.54 Å². The molecule has 3 aliphatic rings. The number of anilines is 1. The van der Waals surface area contributed by atoms with Gasteiger partial charge >= 0.3 is 0 Å². The Morgan fingerprint density at radius 3 is 1.79 bits per heavy atom. The molecule has 0 bridgehead atoms. The Morgan fingerprint density at radius 1 is 0.561 bits per heavy atom. The largest absolute Gasteiger partial charge is 0.396 e. The molecule has 8 rings (SSSR count). The second-order valence-electron chi connectivity index (χ2n) is 19.1. The summed E-state index contributed by atoms with van der Waals surface area (Å²) in [6.07, 6.45) is 37.1. The van der Waals surface area contributed by atoms with Crippen LogP contribution in [0.5, 0.6) is 0 Å². The Hall–Kier alpha value is -4.20. The summed E-state index contributed by atoms with van der Waals surface area (Å²) >= 11 is 3.93. The number of hydrogen-bond donors (Lipinski definition) is 2. The van der Waals surface area contributed by atoms with Crippen LogP contribution >= 0.6 is 23.1 Å². The summed E-state index contributed by atoms with van der Waals surface area (Å²) in [4.78, 5) is 4.00. The SMILES string of the molecule is OCCCCCCCCCCCN1C(=CC2=CC3=CC(=Cc4sc5cc(-c6ccccc6)ccc5[n+]4CCCCCCCCCCCO)CCC3CC2)Sc2cc(-c3ccccc3)ccc21. The molecule has 0 spiro atoms. The molecule has 348 valence electrons. The highest BCUT2D eigenvalue weighted by molar-refractivity contribution is 8.03.